The van der Waals surface area contributed by atoms with Gasteiger partial charge in [0.05, 0.1) is 6.54 Å². The largest absolute Gasteiger partial charge is 0.489 e. The summed E-state index contributed by atoms with van der Waals surface area (Å²) in [6.45, 7) is 8.18. The molecule has 0 bridgehead atoms. The molecule has 1 unspecified atom stereocenters. The Labute approximate surface area is 149 Å². The van der Waals surface area contributed by atoms with Gasteiger partial charge in [-0.2, -0.15) is 0 Å². The molecule has 1 amide bonds. The smallest absolute Gasteiger partial charge is 0.221 e. The number of nitrogens with one attached hydrogen (secondary N) is 3. The molecule has 0 saturated heterocycles. The summed E-state index contributed by atoms with van der Waals surface area (Å²) in [6, 6.07) is 6.04. The maximum atomic E-state index is 13.2. The van der Waals surface area contributed by atoms with Crippen LogP contribution in [0, 0.1) is 5.82 Å². The molecule has 0 fully saturated rings. The number of ether oxygens (including phenoxy) is 1. The molecule has 0 aliphatic carbocycles. The molecule has 1 aromatic rings. The van der Waals surface area contributed by atoms with Crippen LogP contribution >= 0.6 is 0 Å². The summed E-state index contributed by atoms with van der Waals surface area (Å²) < 4.78 is 18.8. The lowest BCUT2D eigenvalue weighted by Gasteiger charge is -2.15. The summed E-state index contributed by atoms with van der Waals surface area (Å²) in [4.78, 5) is 16.0. The maximum Gasteiger partial charge on any atom is 0.221 e. The van der Waals surface area contributed by atoms with Crippen molar-refractivity contribution in [2.45, 2.75) is 39.7 Å². The highest BCUT2D eigenvalue weighted by Crippen LogP contribution is 2.13. The second-order valence-electron chi connectivity index (χ2n) is 5.63. The van der Waals surface area contributed by atoms with Gasteiger partial charge in [-0.3, -0.25) is 4.79 Å². The van der Waals surface area contributed by atoms with Gasteiger partial charge in [0.1, 0.15) is 17.7 Å². The summed E-state index contributed by atoms with van der Waals surface area (Å²) in [5.74, 6) is 0.797. The fourth-order valence-corrected chi connectivity index (χ4v) is 2.02. The van der Waals surface area contributed by atoms with Gasteiger partial charge in [-0.15, -0.1) is 0 Å². The minimum atomic E-state index is -0.329. The Morgan fingerprint density at radius 2 is 2.04 bits per heavy atom. The van der Waals surface area contributed by atoms with Gasteiger partial charge in [0.15, 0.2) is 5.96 Å². The van der Waals surface area contributed by atoms with Gasteiger partial charge in [-0.25, -0.2) is 9.38 Å². The number of rotatable bonds is 10. The number of guanidine groups is 1. The van der Waals surface area contributed by atoms with Crippen molar-refractivity contribution in [2.24, 2.45) is 4.99 Å². The number of carbonyl (C=O) groups excluding carboxylic acids is 1. The first kappa shape index (κ1) is 20.7. The Morgan fingerprint density at radius 3 is 2.72 bits per heavy atom. The minimum absolute atomic E-state index is 0.0213. The fourth-order valence-electron chi connectivity index (χ4n) is 2.02. The molecule has 0 aromatic heterocycles. The predicted octanol–water partition coefficient (Wildman–Crippen LogP) is 2.06. The summed E-state index contributed by atoms with van der Waals surface area (Å²) in [6.07, 6.45) is 1.11. The van der Waals surface area contributed by atoms with Gasteiger partial charge >= 0.3 is 0 Å². The maximum absolute atomic E-state index is 13.2. The minimum Gasteiger partial charge on any atom is -0.489 e. The second kappa shape index (κ2) is 12.1. The van der Waals surface area contributed by atoms with E-state index in [9.17, 15) is 9.18 Å². The monoisotopic (exact) mass is 352 g/mol. The lowest BCUT2D eigenvalue weighted by atomic mass is 10.3. The zero-order chi connectivity index (χ0) is 18.5. The molecule has 0 heterocycles. The average Bonchev–Trinajstić information content (AvgIpc) is 2.58. The predicted molar refractivity (Wildman–Crippen MR) is 98.4 cm³/mol. The first-order valence-corrected chi connectivity index (χ1v) is 8.76. The van der Waals surface area contributed by atoms with Crippen LogP contribution in [0.4, 0.5) is 4.39 Å². The highest BCUT2D eigenvalue weighted by atomic mass is 19.1. The highest BCUT2D eigenvalue weighted by molar-refractivity contribution is 5.81. The molecule has 0 aliphatic heterocycles. The topological polar surface area (TPSA) is 74.8 Å². The third-order valence-electron chi connectivity index (χ3n) is 3.20. The van der Waals surface area contributed by atoms with E-state index in [1.165, 1.54) is 12.1 Å². The quantitative estimate of drug-likeness (QED) is 0.445. The van der Waals surface area contributed by atoms with E-state index in [0.717, 1.165) is 6.42 Å². The number of hydrogen-bond donors (Lipinski definition) is 3. The molecule has 0 spiro atoms. The molecule has 1 rings (SSSR count). The van der Waals surface area contributed by atoms with E-state index in [0.29, 0.717) is 44.3 Å². The van der Waals surface area contributed by atoms with Crippen molar-refractivity contribution >= 4 is 11.9 Å². The molecule has 0 aliphatic rings. The molecule has 7 heteroatoms. The summed E-state index contributed by atoms with van der Waals surface area (Å²) >= 11 is 0. The lowest BCUT2D eigenvalue weighted by Crippen LogP contribution is -2.40. The van der Waals surface area contributed by atoms with Gasteiger partial charge in [-0.05, 0) is 32.4 Å². The van der Waals surface area contributed by atoms with Crippen molar-refractivity contribution in [3.05, 3.63) is 30.1 Å². The summed E-state index contributed by atoms with van der Waals surface area (Å²) in [7, 11) is 0. The van der Waals surface area contributed by atoms with Gasteiger partial charge < -0.3 is 20.7 Å². The van der Waals surface area contributed by atoms with Crippen LogP contribution in [0.3, 0.4) is 0 Å². The van der Waals surface area contributed by atoms with Crippen LogP contribution in [0.25, 0.3) is 0 Å². The number of hydrogen-bond acceptors (Lipinski definition) is 3. The molecule has 3 N–H and O–H groups in total. The van der Waals surface area contributed by atoms with E-state index in [4.69, 9.17) is 4.74 Å². The van der Waals surface area contributed by atoms with Gasteiger partial charge in [0.2, 0.25) is 5.91 Å². The van der Waals surface area contributed by atoms with Gasteiger partial charge in [-0.1, -0.05) is 13.0 Å². The van der Waals surface area contributed by atoms with Crippen LogP contribution in [-0.4, -0.2) is 44.1 Å². The van der Waals surface area contributed by atoms with Crippen LogP contribution in [0.5, 0.6) is 5.75 Å². The zero-order valence-electron chi connectivity index (χ0n) is 15.3. The van der Waals surface area contributed by atoms with Crippen LogP contribution in [-0.2, 0) is 4.79 Å². The van der Waals surface area contributed by atoms with E-state index < -0.39 is 0 Å². The number of halogens is 1. The van der Waals surface area contributed by atoms with Gasteiger partial charge in [0, 0.05) is 32.1 Å². The van der Waals surface area contributed by atoms with E-state index in [1.54, 1.807) is 12.1 Å². The molecule has 0 radical (unpaired) electrons. The van der Waals surface area contributed by atoms with Crippen LogP contribution in [0.2, 0.25) is 0 Å². The Balaban J connectivity index is 2.41. The van der Waals surface area contributed by atoms with Crippen molar-refractivity contribution in [2.75, 3.05) is 26.2 Å². The van der Waals surface area contributed by atoms with Crippen molar-refractivity contribution in [1.29, 1.82) is 0 Å². The lowest BCUT2D eigenvalue weighted by molar-refractivity contribution is -0.120. The van der Waals surface area contributed by atoms with E-state index in [2.05, 4.69) is 20.9 Å². The fraction of sp³-hybridized carbons (Fsp3) is 0.556. The van der Waals surface area contributed by atoms with Crippen molar-refractivity contribution in [3.63, 3.8) is 0 Å². The van der Waals surface area contributed by atoms with Crippen LogP contribution in [0.15, 0.2) is 29.3 Å². The molecule has 1 atom stereocenters. The highest BCUT2D eigenvalue weighted by Gasteiger charge is 2.06. The first-order chi connectivity index (χ1) is 12.0. The van der Waals surface area contributed by atoms with Crippen LogP contribution < -0.4 is 20.7 Å². The SMILES string of the molecule is CCCNC(=O)CCNC(=NCC(C)Oc1cccc(F)c1)NCC. The first-order valence-electron chi connectivity index (χ1n) is 8.76. The number of nitrogens with zero attached hydrogens (tertiary/aromatic N) is 1. The molecule has 140 valence electrons. The zero-order valence-corrected chi connectivity index (χ0v) is 15.3. The number of aliphatic imine (C=N–C) groups is 1. The van der Waals surface area contributed by atoms with Crippen molar-refractivity contribution in [1.82, 2.24) is 16.0 Å². The molecule has 25 heavy (non-hydrogen) atoms. The van der Waals surface area contributed by atoms with E-state index in [1.807, 2.05) is 20.8 Å². The second-order valence-corrected chi connectivity index (χ2v) is 5.63. The summed E-state index contributed by atoms with van der Waals surface area (Å²) in [5.41, 5.74) is 0. The molecule has 6 nitrogen and oxygen atoms in total. The number of carbonyl (C=O) groups is 1. The Hall–Kier alpha value is -2.31. The molecule has 0 saturated carbocycles. The molecule has 1 aromatic carbocycles. The van der Waals surface area contributed by atoms with Crippen molar-refractivity contribution < 1.29 is 13.9 Å². The normalized spacial score (nSPS) is 12.4. The Morgan fingerprint density at radius 1 is 1.24 bits per heavy atom. The number of amides is 1. The van der Waals surface area contributed by atoms with Crippen molar-refractivity contribution in [3.8, 4) is 5.75 Å². The van der Waals surface area contributed by atoms with Gasteiger partial charge in [0.25, 0.3) is 0 Å². The average molecular weight is 352 g/mol. The third-order valence-corrected chi connectivity index (χ3v) is 3.20. The Bertz CT molecular complexity index is 552. The molecular formula is C18H29FN4O2. The number of benzene rings is 1. The third kappa shape index (κ3) is 9.54. The standard InChI is InChI=1S/C18H29FN4O2/c1-4-10-21-17(24)9-11-22-18(20-5-2)23-13-14(3)25-16-8-6-7-15(19)12-16/h6-8,12,14H,4-5,9-11,13H2,1-3H3,(H,21,24)(H2,20,22,23). The van der Waals surface area contributed by atoms with E-state index in [-0.39, 0.29) is 17.8 Å². The Kier molecular flexibility index (Phi) is 10.0. The molecular weight excluding hydrogens is 323 g/mol. The van der Waals surface area contributed by atoms with E-state index >= 15 is 0 Å². The summed E-state index contributed by atoms with van der Waals surface area (Å²) in [5, 5.41) is 9.07. The van der Waals surface area contributed by atoms with Crippen LogP contribution in [0.1, 0.15) is 33.6 Å².